The SMILES string of the molecule is COc1cc(-c2ccc(C(=O)N(C)CCN(C)C)c(NCC3CC3)n2)cc(OC)c1OC. The smallest absolute Gasteiger partial charge is 0.257 e. The molecule has 3 rings (SSSR count). The first-order valence-corrected chi connectivity index (χ1v) is 10.8. The van der Waals surface area contributed by atoms with Gasteiger partial charge in [-0.25, -0.2) is 4.98 Å². The maximum Gasteiger partial charge on any atom is 0.257 e. The molecule has 0 atom stereocenters. The van der Waals surface area contributed by atoms with Crippen molar-refractivity contribution in [2.45, 2.75) is 12.8 Å². The Morgan fingerprint density at radius 1 is 1.03 bits per heavy atom. The van der Waals surface area contributed by atoms with Crippen LogP contribution >= 0.6 is 0 Å². The summed E-state index contributed by atoms with van der Waals surface area (Å²) in [6.45, 7) is 2.25. The molecule has 1 fully saturated rings. The maximum atomic E-state index is 13.1. The number of aromatic nitrogens is 1. The average Bonchev–Trinajstić information content (AvgIpc) is 3.64. The molecule has 1 heterocycles. The molecule has 1 saturated carbocycles. The molecule has 1 amide bonds. The molecule has 0 unspecified atom stereocenters. The lowest BCUT2D eigenvalue weighted by Crippen LogP contribution is -2.34. The lowest BCUT2D eigenvalue weighted by molar-refractivity contribution is 0.0787. The standard InChI is InChI=1S/C24H34N4O4/c1-27(2)11-12-28(3)24(29)18-9-10-19(26-23(18)25-15-16-7-8-16)17-13-20(30-4)22(32-6)21(14-17)31-5/h9-10,13-14,16H,7-8,11-12,15H2,1-6H3,(H,25,26). The van der Waals surface area contributed by atoms with Gasteiger partial charge in [-0.15, -0.1) is 0 Å². The second-order valence-electron chi connectivity index (χ2n) is 8.36. The fourth-order valence-electron chi connectivity index (χ4n) is 3.38. The van der Waals surface area contributed by atoms with Crippen molar-refractivity contribution in [2.24, 2.45) is 5.92 Å². The van der Waals surface area contributed by atoms with Crippen molar-refractivity contribution in [1.29, 1.82) is 0 Å². The predicted molar refractivity (Wildman–Crippen MR) is 126 cm³/mol. The van der Waals surface area contributed by atoms with Gasteiger partial charge in [0.05, 0.1) is 32.6 Å². The van der Waals surface area contributed by atoms with E-state index < -0.39 is 0 Å². The maximum absolute atomic E-state index is 13.1. The van der Waals surface area contributed by atoms with Crippen molar-refractivity contribution in [1.82, 2.24) is 14.8 Å². The molecular formula is C24H34N4O4. The quantitative estimate of drug-likeness (QED) is 0.573. The summed E-state index contributed by atoms with van der Waals surface area (Å²) in [7, 11) is 10.6. The van der Waals surface area contributed by atoms with Crippen molar-refractivity contribution in [2.75, 3.05) is 67.4 Å². The van der Waals surface area contributed by atoms with E-state index in [1.807, 2.05) is 45.4 Å². The number of nitrogens with one attached hydrogen (secondary N) is 1. The molecule has 174 valence electrons. The molecule has 0 spiro atoms. The third kappa shape index (κ3) is 5.62. The predicted octanol–water partition coefficient (Wildman–Crippen LogP) is 3.23. The number of rotatable bonds is 11. The summed E-state index contributed by atoms with van der Waals surface area (Å²) in [6, 6.07) is 7.42. The fourth-order valence-corrected chi connectivity index (χ4v) is 3.38. The molecule has 32 heavy (non-hydrogen) atoms. The van der Waals surface area contributed by atoms with E-state index in [9.17, 15) is 4.79 Å². The van der Waals surface area contributed by atoms with E-state index in [0.29, 0.717) is 41.1 Å². The number of pyridine rings is 1. The van der Waals surface area contributed by atoms with Gasteiger partial charge in [0, 0.05) is 32.2 Å². The lowest BCUT2D eigenvalue weighted by atomic mass is 10.1. The summed E-state index contributed by atoms with van der Waals surface area (Å²) in [4.78, 5) is 21.8. The van der Waals surface area contributed by atoms with Gasteiger partial charge in [-0.2, -0.15) is 0 Å². The van der Waals surface area contributed by atoms with Gasteiger partial charge in [-0.3, -0.25) is 4.79 Å². The minimum absolute atomic E-state index is 0.0471. The molecule has 0 radical (unpaired) electrons. The number of ether oxygens (including phenoxy) is 3. The van der Waals surface area contributed by atoms with Crippen molar-refractivity contribution in [3.05, 3.63) is 29.8 Å². The molecule has 1 aromatic carbocycles. The Bertz CT molecular complexity index is 919. The van der Waals surface area contributed by atoms with E-state index in [0.717, 1.165) is 24.3 Å². The average molecular weight is 443 g/mol. The Kier molecular flexibility index (Phi) is 7.80. The zero-order valence-electron chi connectivity index (χ0n) is 19.9. The van der Waals surface area contributed by atoms with Gasteiger partial charge in [0.25, 0.3) is 5.91 Å². The topological polar surface area (TPSA) is 76.2 Å². The molecule has 2 aromatic rings. The van der Waals surface area contributed by atoms with Crippen LogP contribution in [0.15, 0.2) is 24.3 Å². The Morgan fingerprint density at radius 2 is 1.69 bits per heavy atom. The van der Waals surface area contributed by atoms with Crippen molar-refractivity contribution < 1.29 is 19.0 Å². The minimum atomic E-state index is -0.0471. The molecule has 0 bridgehead atoms. The summed E-state index contributed by atoms with van der Waals surface area (Å²) in [5.74, 6) is 2.84. The number of amides is 1. The Balaban J connectivity index is 1.96. The summed E-state index contributed by atoms with van der Waals surface area (Å²) in [5, 5.41) is 3.41. The zero-order valence-corrected chi connectivity index (χ0v) is 19.9. The van der Waals surface area contributed by atoms with Crippen LogP contribution in [0.2, 0.25) is 0 Å². The van der Waals surface area contributed by atoms with E-state index in [2.05, 4.69) is 10.2 Å². The van der Waals surface area contributed by atoms with Crippen LogP contribution in [-0.4, -0.2) is 82.8 Å². The van der Waals surface area contributed by atoms with Gasteiger partial charge < -0.3 is 29.3 Å². The highest BCUT2D eigenvalue weighted by Gasteiger charge is 2.24. The van der Waals surface area contributed by atoms with Crippen LogP contribution in [0.25, 0.3) is 11.3 Å². The van der Waals surface area contributed by atoms with E-state index in [-0.39, 0.29) is 5.91 Å². The van der Waals surface area contributed by atoms with Crippen molar-refractivity contribution >= 4 is 11.7 Å². The van der Waals surface area contributed by atoms with Crippen molar-refractivity contribution in [3.63, 3.8) is 0 Å². The normalized spacial score (nSPS) is 13.1. The van der Waals surface area contributed by atoms with Gasteiger partial charge in [-0.1, -0.05) is 0 Å². The summed E-state index contributed by atoms with van der Waals surface area (Å²) in [5.41, 5.74) is 2.10. The molecule has 8 heteroatoms. The first kappa shape index (κ1) is 23.7. The number of carbonyl (C=O) groups excluding carboxylic acids is 1. The lowest BCUT2D eigenvalue weighted by Gasteiger charge is -2.21. The van der Waals surface area contributed by atoms with Crippen LogP contribution in [-0.2, 0) is 0 Å². The zero-order chi connectivity index (χ0) is 23.3. The molecule has 1 aromatic heterocycles. The molecule has 8 nitrogen and oxygen atoms in total. The number of hydrogen-bond acceptors (Lipinski definition) is 7. The Morgan fingerprint density at radius 3 is 2.22 bits per heavy atom. The molecule has 0 aliphatic heterocycles. The largest absolute Gasteiger partial charge is 0.493 e. The van der Waals surface area contributed by atoms with Crippen LogP contribution in [0.3, 0.4) is 0 Å². The third-order valence-corrected chi connectivity index (χ3v) is 5.57. The van der Waals surface area contributed by atoms with Crippen molar-refractivity contribution in [3.8, 4) is 28.5 Å². The Hall–Kier alpha value is -3.00. The molecular weight excluding hydrogens is 408 g/mol. The van der Waals surface area contributed by atoms with Gasteiger partial charge >= 0.3 is 0 Å². The summed E-state index contributed by atoms with van der Waals surface area (Å²) in [6.07, 6.45) is 2.43. The van der Waals surface area contributed by atoms with Crippen LogP contribution < -0.4 is 19.5 Å². The fraction of sp³-hybridized carbons (Fsp3) is 0.500. The number of nitrogens with zero attached hydrogens (tertiary/aromatic N) is 3. The van der Waals surface area contributed by atoms with Crippen LogP contribution in [0.1, 0.15) is 23.2 Å². The van der Waals surface area contributed by atoms with Crippen LogP contribution in [0.5, 0.6) is 17.2 Å². The van der Waals surface area contributed by atoms with E-state index in [4.69, 9.17) is 19.2 Å². The van der Waals surface area contributed by atoms with Crippen LogP contribution in [0.4, 0.5) is 5.82 Å². The number of carbonyl (C=O) groups is 1. The number of likely N-dealkylation sites (N-methyl/N-ethyl adjacent to an activating group) is 2. The highest BCUT2D eigenvalue weighted by molar-refractivity contribution is 5.99. The molecule has 1 aliphatic rings. The number of benzene rings is 1. The monoisotopic (exact) mass is 442 g/mol. The van der Waals surface area contributed by atoms with Gasteiger partial charge in [-0.05, 0) is 57.1 Å². The number of anilines is 1. The first-order valence-electron chi connectivity index (χ1n) is 10.8. The summed E-state index contributed by atoms with van der Waals surface area (Å²) < 4.78 is 16.4. The third-order valence-electron chi connectivity index (χ3n) is 5.57. The molecule has 1 N–H and O–H groups in total. The minimum Gasteiger partial charge on any atom is -0.493 e. The Labute approximate surface area is 190 Å². The number of hydrogen-bond donors (Lipinski definition) is 1. The molecule has 0 saturated heterocycles. The van der Waals surface area contributed by atoms with Crippen LogP contribution in [0, 0.1) is 5.92 Å². The van der Waals surface area contributed by atoms with Gasteiger partial charge in [0.2, 0.25) is 5.75 Å². The van der Waals surface area contributed by atoms with Gasteiger partial charge in [0.1, 0.15) is 5.82 Å². The second kappa shape index (κ2) is 10.5. The van der Waals surface area contributed by atoms with E-state index in [1.54, 1.807) is 26.2 Å². The first-order chi connectivity index (χ1) is 15.4. The number of methoxy groups -OCH3 is 3. The highest BCUT2D eigenvalue weighted by atomic mass is 16.5. The summed E-state index contributed by atoms with van der Waals surface area (Å²) >= 11 is 0. The van der Waals surface area contributed by atoms with E-state index in [1.165, 1.54) is 12.8 Å². The highest BCUT2D eigenvalue weighted by Crippen LogP contribution is 2.41. The van der Waals surface area contributed by atoms with Gasteiger partial charge in [0.15, 0.2) is 11.5 Å². The second-order valence-corrected chi connectivity index (χ2v) is 8.36. The van der Waals surface area contributed by atoms with E-state index >= 15 is 0 Å². The molecule has 1 aliphatic carbocycles.